The van der Waals surface area contributed by atoms with Gasteiger partial charge in [-0.1, -0.05) is 12.1 Å². The first-order valence-electron chi connectivity index (χ1n) is 9.09. The molecule has 8 heteroatoms. The van der Waals surface area contributed by atoms with Crippen LogP contribution < -0.4 is 20.3 Å². The highest BCUT2D eigenvalue weighted by Crippen LogP contribution is 2.23. The maximum absolute atomic E-state index is 12.3. The average Bonchev–Trinajstić information content (AvgIpc) is 2.68. The molecule has 0 bridgehead atoms. The normalized spacial score (nSPS) is 13.9. The zero-order valence-electron chi connectivity index (χ0n) is 15.7. The molecule has 2 aromatic rings. The van der Waals surface area contributed by atoms with Crippen molar-refractivity contribution in [2.45, 2.75) is 20.4 Å². The van der Waals surface area contributed by atoms with E-state index in [2.05, 4.69) is 25.5 Å². The molecule has 1 aliphatic rings. The molecule has 2 heterocycles. The summed E-state index contributed by atoms with van der Waals surface area (Å²) in [6, 6.07) is 8.94. The minimum atomic E-state index is -0.333. The Kier molecular flexibility index (Phi) is 6.43. The van der Waals surface area contributed by atoms with Crippen LogP contribution in [0.15, 0.2) is 30.3 Å². The molecular formula is C19H25N5O3. The molecule has 1 saturated heterocycles. The van der Waals surface area contributed by atoms with Crippen LogP contribution in [0.3, 0.4) is 0 Å². The summed E-state index contributed by atoms with van der Waals surface area (Å²) >= 11 is 0. The number of nitrogens with zero attached hydrogens (tertiary/aromatic N) is 3. The van der Waals surface area contributed by atoms with E-state index < -0.39 is 0 Å². The number of hydrogen-bond donors (Lipinski definition) is 2. The number of aromatic nitrogens is 2. The van der Waals surface area contributed by atoms with Crippen molar-refractivity contribution in [3.05, 3.63) is 41.9 Å². The van der Waals surface area contributed by atoms with Crippen molar-refractivity contribution in [3.63, 3.8) is 0 Å². The fourth-order valence-electron chi connectivity index (χ4n) is 2.82. The Morgan fingerprint density at radius 2 is 2.04 bits per heavy atom. The number of anilines is 2. The summed E-state index contributed by atoms with van der Waals surface area (Å²) in [5.41, 5.74) is 1.49. The van der Waals surface area contributed by atoms with Crippen molar-refractivity contribution in [1.29, 1.82) is 0 Å². The van der Waals surface area contributed by atoms with Crippen LogP contribution in [0.25, 0.3) is 0 Å². The second kappa shape index (κ2) is 9.18. The van der Waals surface area contributed by atoms with E-state index in [9.17, 15) is 4.79 Å². The average molecular weight is 371 g/mol. The lowest BCUT2D eigenvalue weighted by Gasteiger charge is -2.28. The predicted octanol–water partition coefficient (Wildman–Crippen LogP) is 2.34. The predicted molar refractivity (Wildman–Crippen MR) is 103 cm³/mol. The first kappa shape index (κ1) is 18.9. The fourth-order valence-corrected chi connectivity index (χ4v) is 2.82. The molecule has 0 unspecified atom stereocenters. The Balaban J connectivity index is 1.61. The van der Waals surface area contributed by atoms with Crippen LogP contribution >= 0.6 is 0 Å². The molecule has 0 radical (unpaired) electrons. The summed E-state index contributed by atoms with van der Waals surface area (Å²) in [5.74, 6) is 2.07. The first-order chi connectivity index (χ1) is 13.2. The summed E-state index contributed by atoms with van der Waals surface area (Å²) < 4.78 is 10.9. The standard InChI is InChI=1S/C19H25N5O3/c1-3-27-16-7-5-4-6-15(16)22-19(25)20-13-17-21-14(2)12-18(23-17)24-8-10-26-11-9-24/h4-7,12H,3,8-11,13H2,1-2H3,(H2,20,22,25). The number of carbonyl (C=O) groups is 1. The van der Waals surface area contributed by atoms with Gasteiger partial charge >= 0.3 is 6.03 Å². The zero-order valence-corrected chi connectivity index (χ0v) is 15.7. The summed E-state index contributed by atoms with van der Waals surface area (Å²) in [5, 5.41) is 5.60. The number of urea groups is 1. The number of nitrogens with one attached hydrogen (secondary N) is 2. The van der Waals surface area contributed by atoms with Crippen LogP contribution in [-0.4, -0.2) is 48.9 Å². The van der Waals surface area contributed by atoms with Gasteiger partial charge in [-0.05, 0) is 26.0 Å². The van der Waals surface area contributed by atoms with E-state index in [0.717, 1.165) is 24.6 Å². The van der Waals surface area contributed by atoms with Crippen LogP contribution in [0, 0.1) is 6.92 Å². The Morgan fingerprint density at radius 3 is 2.81 bits per heavy atom. The third kappa shape index (κ3) is 5.30. The van der Waals surface area contributed by atoms with Gasteiger partial charge in [-0.25, -0.2) is 14.8 Å². The number of aryl methyl sites for hydroxylation is 1. The minimum absolute atomic E-state index is 0.238. The van der Waals surface area contributed by atoms with E-state index in [0.29, 0.717) is 37.1 Å². The molecule has 0 spiro atoms. The van der Waals surface area contributed by atoms with E-state index in [1.807, 2.05) is 38.1 Å². The second-order valence-corrected chi connectivity index (χ2v) is 6.12. The van der Waals surface area contributed by atoms with E-state index in [1.165, 1.54) is 0 Å². The largest absolute Gasteiger partial charge is 0.492 e. The molecule has 27 heavy (non-hydrogen) atoms. The van der Waals surface area contributed by atoms with Gasteiger partial charge in [0.15, 0.2) is 0 Å². The van der Waals surface area contributed by atoms with E-state index >= 15 is 0 Å². The second-order valence-electron chi connectivity index (χ2n) is 6.12. The van der Waals surface area contributed by atoms with Crippen molar-refractivity contribution in [1.82, 2.24) is 15.3 Å². The van der Waals surface area contributed by atoms with Gasteiger partial charge in [0.05, 0.1) is 32.1 Å². The van der Waals surface area contributed by atoms with Gasteiger partial charge in [0.2, 0.25) is 0 Å². The van der Waals surface area contributed by atoms with Crippen molar-refractivity contribution in [3.8, 4) is 5.75 Å². The number of ether oxygens (including phenoxy) is 2. The zero-order chi connectivity index (χ0) is 19.1. The number of rotatable bonds is 6. The summed E-state index contributed by atoms with van der Waals surface area (Å²) in [6.07, 6.45) is 0. The molecule has 1 aliphatic heterocycles. The first-order valence-corrected chi connectivity index (χ1v) is 9.09. The maximum atomic E-state index is 12.3. The monoisotopic (exact) mass is 371 g/mol. The Bertz CT molecular complexity index is 778. The minimum Gasteiger partial charge on any atom is -0.492 e. The molecule has 8 nitrogen and oxygen atoms in total. The molecule has 0 saturated carbocycles. The summed E-state index contributed by atoms with van der Waals surface area (Å²) in [4.78, 5) is 23.4. The number of benzene rings is 1. The molecule has 0 atom stereocenters. The van der Waals surface area contributed by atoms with E-state index in [-0.39, 0.29) is 12.6 Å². The van der Waals surface area contributed by atoms with E-state index in [1.54, 1.807) is 6.07 Å². The molecule has 0 aliphatic carbocycles. The molecule has 2 amide bonds. The number of amides is 2. The van der Waals surface area contributed by atoms with Gasteiger partial charge in [-0.15, -0.1) is 0 Å². The highest BCUT2D eigenvalue weighted by atomic mass is 16.5. The molecule has 1 aromatic heterocycles. The topological polar surface area (TPSA) is 88.6 Å². The van der Waals surface area contributed by atoms with Gasteiger partial charge in [0.1, 0.15) is 17.4 Å². The number of hydrogen-bond acceptors (Lipinski definition) is 6. The number of para-hydroxylation sites is 2. The van der Waals surface area contributed by atoms with Crippen LogP contribution in [-0.2, 0) is 11.3 Å². The van der Waals surface area contributed by atoms with Crippen molar-refractivity contribution in [2.75, 3.05) is 43.1 Å². The summed E-state index contributed by atoms with van der Waals surface area (Å²) in [7, 11) is 0. The molecule has 1 fully saturated rings. The fraction of sp³-hybridized carbons (Fsp3) is 0.421. The van der Waals surface area contributed by atoms with Crippen LogP contribution in [0.5, 0.6) is 5.75 Å². The highest BCUT2D eigenvalue weighted by molar-refractivity contribution is 5.90. The van der Waals surface area contributed by atoms with Crippen molar-refractivity contribution >= 4 is 17.5 Å². The molecule has 144 valence electrons. The SMILES string of the molecule is CCOc1ccccc1NC(=O)NCc1nc(C)cc(N2CCOCC2)n1. The third-order valence-electron chi connectivity index (χ3n) is 4.06. The quantitative estimate of drug-likeness (QED) is 0.810. The van der Waals surface area contributed by atoms with Crippen molar-refractivity contribution < 1.29 is 14.3 Å². The third-order valence-corrected chi connectivity index (χ3v) is 4.06. The highest BCUT2D eigenvalue weighted by Gasteiger charge is 2.14. The Labute approximate surface area is 158 Å². The van der Waals surface area contributed by atoms with Gasteiger partial charge in [-0.2, -0.15) is 0 Å². The van der Waals surface area contributed by atoms with Crippen LogP contribution in [0.1, 0.15) is 18.4 Å². The van der Waals surface area contributed by atoms with Gasteiger partial charge in [-0.3, -0.25) is 0 Å². The molecule has 3 rings (SSSR count). The van der Waals surface area contributed by atoms with Crippen LogP contribution in [0.4, 0.5) is 16.3 Å². The lowest BCUT2D eigenvalue weighted by molar-refractivity contribution is 0.122. The van der Waals surface area contributed by atoms with Gasteiger partial charge < -0.3 is 25.0 Å². The van der Waals surface area contributed by atoms with Gasteiger partial charge in [0, 0.05) is 24.8 Å². The molecule has 1 aromatic carbocycles. The van der Waals surface area contributed by atoms with E-state index in [4.69, 9.17) is 9.47 Å². The molecular weight excluding hydrogens is 346 g/mol. The Hall–Kier alpha value is -2.87. The van der Waals surface area contributed by atoms with Crippen LogP contribution in [0.2, 0.25) is 0 Å². The summed E-state index contributed by atoms with van der Waals surface area (Å²) in [6.45, 7) is 7.58. The van der Waals surface area contributed by atoms with Crippen molar-refractivity contribution in [2.24, 2.45) is 0 Å². The maximum Gasteiger partial charge on any atom is 0.319 e. The number of morpholine rings is 1. The van der Waals surface area contributed by atoms with Gasteiger partial charge in [0.25, 0.3) is 0 Å². The Morgan fingerprint density at radius 1 is 1.26 bits per heavy atom. The lowest BCUT2D eigenvalue weighted by atomic mass is 10.3. The number of carbonyl (C=O) groups excluding carboxylic acids is 1. The molecule has 2 N–H and O–H groups in total. The smallest absolute Gasteiger partial charge is 0.319 e. The lowest BCUT2D eigenvalue weighted by Crippen LogP contribution is -2.37.